The number of hydrogen-bond donors (Lipinski definition) is 2. The smallest absolute Gasteiger partial charge is 0.222 e. The van der Waals surface area contributed by atoms with E-state index in [9.17, 15) is 13.2 Å². The maximum Gasteiger partial charge on any atom is 0.222 e. The molecule has 2 fully saturated rings. The monoisotopic (exact) mass is 426 g/mol. The summed E-state index contributed by atoms with van der Waals surface area (Å²) in [5, 5.41) is -1.03. The zero-order chi connectivity index (χ0) is 21.7. The van der Waals surface area contributed by atoms with Crippen LogP contribution in [0.3, 0.4) is 0 Å². The highest BCUT2D eigenvalue weighted by Crippen LogP contribution is 2.64. The SMILES string of the molecule is CC1(C)C2CC[C@@]1(C)C(=O)C2S(=O)(=O)NC(c1ccccc1)C(N)c1ccccc1. The lowest BCUT2D eigenvalue weighted by atomic mass is 9.70. The molecule has 0 radical (unpaired) electrons. The van der Waals surface area contributed by atoms with Gasteiger partial charge in [-0.25, -0.2) is 13.1 Å². The number of benzene rings is 2. The summed E-state index contributed by atoms with van der Waals surface area (Å²) in [4.78, 5) is 13.3. The third kappa shape index (κ3) is 3.13. The zero-order valence-corrected chi connectivity index (χ0v) is 18.5. The highest BCUT2D eigenvalue weighted by Gasteiger charge is 2.69. The van der Waals surface area contributed by atoms with Crippen molar-refractivity contribution in [2.45, 2.75) is 50.9 Å². The van der Waals surface area contributed by atoms with Crippen LogP contribution in [-0.4, -0.2) is 19.5 Å². The van der Waals surface area contributed by atoms with Gasteiger partial charge in [0, 0.05) is 5.41 Å². The second kappa shape index (κ2) is 7.29. The molecule has 5 nitrogen and oxygen atoms in total. The van der Waals surface area contributed by atoms with Gasteiger partial charge in [-0.2, -0.15) is 0 Å². The minimum absolute atomic E-state index is 0.156. The van der Waals surface area contributed by atoms with Gasteiger partial charge in [0.25, 0.3) is 0 Å². The minimum atomic E-state index is -3.93. The second-order valence-corrected chi connectivity index (χ2v) is 11.3. The quantitative estimate of drug-likeness (QED) is 0.736. The first kappa shape index (κ1) is 21.2. The van der Waals surface area contributed by atoms with Gasteiger partial charge in [0.15, 0.2) is 5.78 Å². The number of fused-ring (bicyclic) bond motifs is 2. The van der Waals surface area contributed by atoms with Crippen molar-refractivity contribution in [3.8, 4) is 0 Å². The van der Waals surface area contributed by atoms with E-state index >= 15 is 0 Å². The number of carbonyl (C=O) groups excluding carboxylic acids is 1. The van der Waals surface area contributed by atoms with Crippen LogP contribution in [0.4, 0.5) is 0 Å². The molecule has 3 N–H and O–H groups in total. The molecule has 5 atom stereocenters. The van der Waals surface area contributed by atoms with Crippen LogP contribution in [0.15, 0.2) is 60.7 Å². The van der Waals surface area contributed by atoms with Gasteiger partial charge in [-0.05, 0) is 35.3 Å². The highest BCUT2D eigenvalue weighted by molar-refractivity contribution is 7.91. The third-order valence-electron chi connectivity index (χ3n) is 7.80. The summed E-state index contributed by atoms with van der Waals surface area (Å²) in [6.07, 6.45) is 1.50. The summed E-state index contributed by atoms with van der Waals surface area (Å²) in [5.41, 5.74) is 7.23. The van der Waals surface area contributed by atoms with E-state index in [0.717, 1.165) is 24.0 Å². The summed E-state index contributed by atoms with van der Waals surface area (Å²) in [6, 6.07) is 17.5. The van der Waals surface area contributed by atoms with Crippen molar-refractivity contribution in [3.63, 3.8) is 0 Å². The number of Topliss-reactive ketones (excluding diaryl/α,β-unsaturated/α-hetero) is 1. The van der Waals surface area contributed by atoms with E-state index < -0.39 is 32.8 Å². The molecule has 0 amide bonds. The van der Waals surface area contributed by atoms with Crippen LogP contribution >= 0.6 is 0 Å². The summed E-state index contributed by atoms with van der Waals surface area (Å²) in [7, 11) is -3.93. The number of rotatable bonds is 6. The lowest BCUT2D eigenvalue weighted by molar-refractivity contribution is -0.127. The zero-order valence-electron chi connectivity index (χ0n) is 17.7. The fourth-order valence-corrected chi connectivity index (χ4v) is 7.72. The third-order valence-corrected chi connectivity index (χ3v) is 9.59. The molecule has 30 heavy (non-hydrogen) atoms. The Balaban J connectivity index is 1.71. The first-order valence-corrected chi connectivity index (χ1v) is 12.1. The molecule has 2 aliphatic carbocycles. The Hall–Kier alpha value is -2.02. The van der Waals surface area contributed by atoms with Crippen LogP contribution in [0.2, 0.25) is 0 Å². The maximum absolute atomic E-state index is 13.6. The highest BCUT2D eigenvalue weighted by atomic mass is 32.2. The Labute approximate surface area is 179 Å². The number of nitrogens with one attached hydrogen (secondary N) is 1. The van der Waals surface area contributed by atoms with Gasteiger partial charge in [0.1, 0.15) is 5.25 Å². The summed E-state index contributed by atoms with van der Waals surface area (Å²) in [5.74, 6) is -0.340. The minimum Gasteiger partial charge on any atom is -0.322 e. The topological polar surface area (TPSA) is 89.3 Å². The van der Waals surface area contributed by atoms with Gasteiger partial charge < -0.3 is 5.73 Å². The van der Waals surface area contributed by atoms with E-state index in [1.54, 1.807) is 0 Å². The van der Waals surface area contributed by atoms with Gasteiger partial charge in [-0.15, -0.1) is 0 Å². The van der Waals surface area contributed by atoms with E-state index in [2.05, 4.69) is 4.72 Å². The molecule has 6 heteroatoms. The maximum atomic E-state index is 13.6. The van der Waals surface area contributed by atoms with Crippen LogP contribution in [0.5, 0.6) is 0 Å². The predicted octanol–water partition coefficient (Wildman–Crippen LogP) is 3.74. The molecule has 4 rings (SSSR count). The van der Waals surface area contributed by atoms with Crippen LogP contribution in [-0.2, 0) is 14.8 Å². The van der Waals surface area contributed by atoms with Crippen molar-refractivity contribution in [3.05, 3.63) is 71.8 Å². The molecular weight excluding hydrogens is 396 g/mol. The average molecular weight is 427 g/mol. The Bertz CT molecular complexity index is 1040. The van der Waals surface area contributed by atoms with Crippen molar-refractivity contribution in [1.82, 2.24) is 4.72 Å². The van der Waals surface area contributed by atoms with Crippen LogP contribution in [0.25, 0.3) is 0 Å². The van der Waals surface area contributed by atoms with Crippen molar-refractivity contribution in [2.24, 2.45) is 22.5 Å². The Kier molecular flexibility index (Phi) is 5.16. The first-order valence-electron chi connectivity index (χ1n) is 10.5. The molecule has 4 unspecified atom stereocenters. The van der Waals surface area contributed by atoms with E-state index in [4.69, 9.17) is 5.73 Å². The first-order chi connectivity index (χ1) is 14.1. The lowest BCUT2D eigenvalue weighted by Crippen LogP contribution is -2.47. The molecule has 0 heterocycles. The molecule has 2 aliphatic rings. The standard InChI is InChI=1S/C24H30N2O3S/c1-23(2)18-14-15-24(23,3)22(27)21(18)30(28,29)26-20(17-12-8-5-9-13-17)19(25)16-10-6-4-7-11-16/h4-13,18-21,26H,14-15,25H2,1-3H3/t18?,19?,20?,21?,24-/m0/s1. The van der Waals surface area contributed by atoms with Gasteiger partial charge in [-0.3, -0.25) is 4.79 Å². The lowest BCUT2D eigenvalue weighted by Gasteiger charge is -2.32. The van der Waals surface area contributed by atoms with Crippen LogP contribution in [0, 0.1) is 16.7 Å². The molecule has 0 aliphatic heterocycles. The predicted molar refractivity (Wildman–Crippen MR) is 118 cm³/mol. The Morgan fingerprint density at radius 1 is 0.967 bits per heavy atom. The molecule has 2 aromatic carbocycles. The summed E-state index contributed by atoms with van der Waals surface area (Å²) >= 11 is 0. The van der Waals surface area contributed by atoms with Crippen molar-refractivity contribution in [1.29, 1.82) is 0 Å². The van der Waals surface area contributed by atoms with Gasteiger partial charge in [-0.1, -0.05) is 81.4 Å². The van der Waals surface area contributed by atoms with E-state index in [0.29, 0.717) is 0 Å². The van der Waals surface area contributed by atoms with Crippen LogP contribution < -0.4 is 10.5 Å². The molecular formula is C24H30N2O3S. The Morgan fingerprint density at radius 2 is 1.50 bits per heavy atom. The molecule has 0 aromatic heterocycles. The van der Waals surface area contributed by atoms with Crippen molar-refractivity contribution in [2.75, 3.05) is 0 Å². The number of nitrogens with two attached hydrogens (primary N) is 1. The van der Waals surface area contributed by atoms with Crippen molar-refractivity contribution < 1.29 is 13.2 Å². The average Bonchev–Trinajstić information content (AvgIpc) is 3.05. The van der Waals surface area contributed by atoms with E-state index in [1.165, 1.54) is 0 Å². The summed E-state index contributed by atoms with van der Waals surface area (Å²) in [6.45, 7) is 5.99. The van der Waals surface area contributed by atoms with Crippen LogP contribution in [0.1, 0.15) is 56.8 Å². The van der Waals surface area contributed by atoms with Crippen molar-refractivity contribution >= 4 is 15.8 Å². The van der Waals surface area contributed by atoms with Gasteiger partial charge >= 0.3 is 0 Å². The molecule has 0 spiro atoms. The van der Waals surface area contributed by atoms with Gasteiger partial charge in [0.05, 0.1) is 12.1 Å². The molecule has 2 bridgehead atoms. The number of carbonyl (C=O) groups is 1. The number of ketones is 1. The summed E-state index contributed by atoms with van der Waals surface area (Å²) < 4.78 is 30.0. The van der Waals surface area contributed by atoms with E-state index in [1.807, 2.05) is 81.4 Å². The van der Waals surface area contributed by atoms with E-state index in [-0.39, 0.29) is 17.1 Å². The number of sulfonamides is 1. The molecule has 2 aromatic rings. The molecule has 160 valence electrons. The fraction of sp³-hybridized carbons (Fsp3) is 0.458. The van der Waals surface area contributed by atoms with Gasteiger partial charge in [0.2, 0.25) is 10.0 Å². The number of hydrogen-bond acceptors (Lipinski definition) is 4. The molecule has 0 saturated heterocycles. The fourth-order valence-electron chi connectivity index (χ4n) is 5.49. The second-order valence-electron chi connectivity index (χ2n) is 9.47. The normalized spacial score (nSPS) is 29.7. The Morgan fingerprint density at radius 3 is 2.00 bits per heavy atom. The largest absolute Gasteiger partial charge is 0.322 e. The molecule has 2 saturated carbocycles.